The molecule has 0 heterocycles. The van der Waals surface area contributed by atoms with Crippen molar-refractivity contribution in [1.82, 2.24) is 4.90 Å². The normalized spacial score (nSPS) is 8.00. The number of thiocarbonyl (C=S) groups is 2. The molecule has 0 atom stereocenters. The van der Waals surface area contributed by atoms with E-state index in [0.29, 0.717) is 0 Å². The highest BCUT2D eigenvalue weighted by molar-refractivity contribution is 7.93. The second-order valence-corrected chi connectivity index (χ2v) is 2.37. The lowest BCUT2D eigenvalue weighted by molar-refractivity contribution is 0.321. The number of nitrogens with zero attached hydrogens (tertiary/aromatic N) is 1. The Morgan fingerprint density at radius 2 is 1.20 bits per heavy atom. The first-order valence-corrected chi connectivity index (χ1v) is 4.29. The lowest BCUT2D eigenvalue weighted by atomic mass is 10.5. The van der Waals surface area contributed by atoms with Gasteiger partial charge in [-0.15, -0.1) is 0 Å². The first kappa shape index (κ1) is 12.8. The molecule has 0 saturated heterocycles. The Bertz CT molecular complexity index is 78.1. The van der Waals surface area contributed by atoms with E-state index < -0.39 is 0 Å². The predicted octanol–water partition coefficient (Wildman–Crippen LogP) is 2.37. The average Bonchev–Trinajstić information content (AvgIpc) is 1.93. The number of hydrogen-bond acceptors (Lipinski definition) is 3. The van der Waals surface area contributed by atoms with Crippen molar-refractivity contribution in [3.8, 4) is 0 Å². The first-order chi connectivity index (χ1) is 4.76. The van der Waals surface area contributed by atoms with Crippen LogP contribution in [0.25, 0.3) is 0 Å². The van der Waals surface area contributed by atoms with Crippen LogP contribution in [0.3, 0.4) is 0 Å². The van der Waals surface area contributed by atoms with Crippen molar-refractivity contribution in [1.29, 1.82) is 0 Å². The summed E-state index contributed by atoms with van der Waals surface area (Å²) in [5.41, 5.74) is 0. The van der Waals surface area contributed by atoms with Gasteiger partial charge in [-0.2, -0.15) is 0 Å². The molecule has 0 fully saturated rings. The van der Waals surface area contributed by atoms with Gasteiger partial charge in [-0.05, 0) is 44.1 Å². The lowest BCUT2D eigenvalue weighted by Gasteiger charge is -2.13. The molecule has 0 aliphatic carbocycles. The van der Waals surface area contributed by atoms with Crippen LogP contribution in [0.2, 0.25) is 0 Å². The maximum Gasteiger partial charge on any atom is 0.0297 e. The van der Waals surface area contributed by atoms with Crippen LogP contribution in [-0.4, -0.2) is 28.8 Å². The standard InChI is InChI=1S/C6H15N.CS2/c1-4-7(5-2)6-3;2-1-3/h4-6H2,1-3H3;. The van der Waals surface area contributed by atoms with E-state index in [1.165, 1.54) is 19.6 Å². The zero-order chi connectivity index (χ0) is 8.41. The summed E-state index contributed by atoms with van der Waals surface area (Å²) in [5, 5.41) is 0. The average molecular weight is 177 g/mol. The van der Waals surface area contributed by atoms with Gasteiger partial charge in [-0.1, -0.05) is 20.8 Å². The maximum atomic E-state index is 3.96. The van der Waals surface area contributed by atoms with Crippen molar-refractivity contribution in [3.63, 3.8) is 0 Å². The molecule has 0 spiro atoms. The highest BCUT2D eigenvalue weighted by Gasteiger charge is 1.89. The summed E-state index contributed by atoms with van der Waals surface area (Å²) < 4.78 is 1.92. The monoisotopic (exact) mass is 177 g/mol. The summed E-state index contributed by atoms with van der Waals surface area (Å²) in [7, 11) is 0. The van der Waals surface area contributed by atoms with Crippen molar-refractivity contribution >= 4 is 28.7 Å². The van der Waals surface area contributed by atoms with Crippen molar-refractivity contribution in [2.75, 3.05) is 19.6 Å². The highest BCUT2D eigenvalue weighted by Crippen LogP contribution is 1.81. The molecular weight excluding hydrogens is 162 g/mol. The Morgan fingerprint density at radius 3 is 1.20 bits per heavy atom. The van der Waals surface area contributed by atoms with E-state index in [-0.39, 0.29) is 0 Å². The first-order valence-electron chi connectivity index (χ1n) is 3.48. The van der Waals surface area contributed by atoms with Crippen LogP contribution in [-0.2, 0) is 0 Å². The minimum Gasteiger partial charge on any atom is -0.304 e. The van der Waals surface area contributed by atoms with Crippen LogP contribution in [0, 0.1) is 0 Å². The molecule has 0 bridgehead atoms. The van der Waals surface area contributed by atoms with Crippen LogP contribution >= 0.6 is 24.4 Å². The van der Waals surface area contributed by atoms with E-state index in [4.69, 9.17) is 0 Å². The summed E-state index contributed by atoms with van der Waals surface area (Å²) in [6.45, 7) is 10.1. The van der Waals surface area contributed by atoms with Gasteiger partial charge in [0.05, 0.1) is 0 Å². The molecule has 0 amide bonds. The quantitative estimate of drug-likeness (QED) is 0.609. The Balaban J connectivity index is 0. The lowest BCUT2D eigenvalue weighted by Crippen LogP contribution is -2.21. The Labute approximate surface area is 74.4 Å². The van der Waals surface area contributed by atoms with Gasteiger partial charge in [-0.25, -0.2) is 0 Å². The maximum absolute atomic E-state index is 3.96. The van der Waals surface area contributed by atoms with Gasteiger partial charge in [-0.3, -0.25) is 0 Å². The van der Waals surface area contributed by atoms with Crippen LogP contribution in [0.5, 0.6) is 0 Å². The predicted molar refractivity (Wildman–Crippen MR) is 53.7 cm³/mol. The Hall–Kier alpha value is 0.180. The van der Waals surface area contributed by atoms with Gasteiger partial charge in [0, 0.05) is 4.31 Å². The molecule has 0 saturated carbocycles. The zero-order valence-electron chi connectivity index (χ0n) is 6.89. The fraction of sp³-hybridized carbons (Fsp3) is 0.857. The van der Waals surface area contributed by atoms with Crippen molar-refractivity contribution in [2.45, 2.75) is 20.8 Å². The van der Waals surface area contributed by atoms with Crippen LogP contribution in [0.1, 0.15) is 20.8 Å². The summed E-state index contributed by atoms with van der Waals surface area (Å²) in [6, 6.07) is 0. The molecular formula is C7H15NS2. The minimum atomic E-state index is 1.19. The second-order valence-electron chi connectivity index (χ2n) is 1.70. The zero-order valence-corrected chi connectivity index (χ0v) is 8.52. The molecule has 0 aromatic rings. The number of rotatable bonds is 3. The van der Waals surface area contributed by atoms with Crippen LogP contribution in [0.15, 0.2) is 0 Å². The molecule has 3 heteroatoms. The summed E-state index contributed by atoms with van der Waals surface area (Å²) >= 11 is 7.92. The van der Waals surface area contributed by atoms with Crippen molar-refractivity contribution in [2.24, 2.45) is 0 Å². The SMILES string of the molecule is CCN(CC)CC.S=C=S. The van der Waals surface area contributed by atoms with Crippen LogP contribution < -0.4 is 0 Å². The summed E-state index contributed by atoms with van der Waals surface area (Å²) in [5.74, 6) is 0. The van der Waals surface area contributed by atoms with Crippen molar-refractivity contribution < 1.29 is 0 Å². The number of hydrogen-bond donors (Lipinski definition) is 0. The molecule has 0 aromatic carbocycles. The van der Waals surface area contributed by atoms with E-state index in [0.717, 1.165) is 0 Å². The molecule has 0 unspecified atom stereocenters. The minimum absolute atomic E-state index is 1.19. The summed E-state index contributed by atoms with van der Waals surface area (Å²) in [4.78, 5) is 2.38. The smallest absolute Gasteiger partial charge is 0.0297 e. The van der Waals surface area contributed by atoms with E-state index in [1.54, 1.807) is 0 Å². The Kier molecular flexibility index (Phi) is 15.3. The molecule has 0 N–H and O–H groups in total. The topological polar surface area (TPSA) is 3.24 Å². The van der Waals surface area contributed by atoms with E-state index >= 15 is 0 Å². The molecule has 0 radical (unpaired) electrons. The third-order valence-electron chi connectivity index (χ3n) is 1.34. The van der Waals surface area contributed by atoms with Gasteiger partial charge in [0.25, 0.3) is 0 Å². The molecule has 0 aromatic heterocycles. The molecule has 0 aliphatic rings. The largest absolute Gasteiger partial charge is 0.304 e. The molecule has 1 nitrogen and oxygen atoms in total. The molecule has 0 aliphatic heterocycles. The Morgan fingerprint density at radius 1 is 1.00 bits per heavy atom. The van der Waals surface area contributed by atoms with Gasteiger partial charge in [0.2, 0.25) is 0 Å². The fourth-order valence-electron chi connectivity index (χ4n) is 0.671. The third-order valence-corrected chi connectivity index (χ3v) is 1.34. The highest BCUT2D eigenvalue weighted by atomic mass is 32.1. The molecule has 10 heavy (non-hydrogen) atoms. The van der Waals surface area contributed by atoms with Gasteiger partial charge >= 0.3 is 0 Å². The van der Waals surface area contributed by atoms with E-state index in [2.05, 4.69) is 50.1 Å². The van der Waals surface area contributed by atoms with E-state index in [9.17, 15) is 0 Å². The van der Waals surface area contributed by atoms with Gasteiger partial charge in [0.1, 0.15) is 0 Å². The summed E-state index contributed by atoms with van der Waals surface area (Å²) in [6.07, 6.45) is 0. The molecule has 0 rings (SSSR count). The van der Waals surface area contributed by atoms with Gasteiger partial charge < -0.3 is 4.90 Å². The third kappa shape index (κ3) is 11.0. The van der Waals surface area contributed by atoms with Crippen molar-refractivity contribution in [3.05, 3.63) is 0 Å². The van der Waals surface area contributed by atoms with Gasteiger partial charge in [0.15, 0.2) is 0 Å². The van der Waals surface area contributed by atoms with Crippen LogP contribution in [0.4, 0.5) is 0 Å². The fourth-order valence-corrected chi connectivity index (χ4v) is 0.671. The van der Waals surface area contributed by atoms with E-state index in [1.807, 2.05) is 4.31 Å². The molecule has 60 valence electrons. The second kappa shape index (κ2) is 11.9.